The van der Waals surface area contributed by atoms with Crippen LogP contribution in [0.2, 0.25) is 0 Å². The van der Waals surface area contributed by atoms with Gasteiger partial charge < -0.3 is 15.4 Å². The molecule has 1 atom stereocenters. The number of guanidine groups is 1. The molecule has 0 rings (SSSR count). The van der Waals surface area contributed by atoms with Crippen LogP contribution in [-0.4, -0.2) is 38.8 Å². The van der Waals surface area contributed by atoms with Crippen molar-refractivity contribution < 1.29 is 4.74 Å². The van der Waals surface area contributed by atoms with Crippen LogP contribution in [0.1, 0.15) is 34.1 Å². The van der Waals surface area contributed by atoms with Gasteiger partial charge in [0, 0.05) is 26.7 Å². The lowest BCUT2D eigenvalue weighted by atomic mass is 10.0. The predicted molar refractivity (Wildman–Crippen MR) is 85.3 cm³/mol. The van der Waals surface area contributed by atoms with Gasteiger partial charge in [0.25, 0.3) is 0 Å². The van der Waals surface area contributed by atoms with Crippen molar-refractivity contribution in [3.8, 4) is 0 Å². The average molecular weight is 357 g/mol. The van der Waals surface area contributed by atoms with E-state index in [9.17, 15) is 0 Å². The van der Waals surface area contributed by atoms with Crippen LogP contribution in [0.15, 0.2) is 4.99 Å². The van der Waals surface area contributed by atoms with Gasteiger partial charge in [0.2, 0.25) is 0 Å². The predicted octanol–water partition coefficient (Wildman–Crippen LogP) is 2.24. The van der Waals surface area contributed by atoms with Gasteiger partial charge in [-0.25, -0.2) is 0 Å². The van der Waals surface area contributed by atoms with E-state index in [1.54, 1.807) is 7.05 Å². The molecule has 17 heavy (non-hydrogen) atoms. The molecule has 0 amide bonds. The van der Waals surface area contributed by atoms with E-state index in [1.807, 2.05) is 6.92 Å². The van der Waals surface area contributed by atoms with Gasteiger partial charge >= 0.3 is 0 Å². The van der Waals surface area contributed by atoms with Crippen molar-refractivity contribution >= 4 is 29.9 Å². The maximum atomic E-state index is 5.68. The summed E-state index contributed by atoms with van der Waals surface area (Å²) in [5.74, 6) is 1.42. The van der Waals surface area contributed by atoms with Crippen molar-refractivity contribution in [2.75, 3.05) is 26.7 Å². The first-order chi connectivity index (χ1) is 7.65. The molecular weight excluding hydrogens is 329 g/mol. The summed E-state index contributed by atoms with van der Waals surface area (Å²) in [5.41, 5.74) is 0. The average Bonchev–Trinajstić information content (AvgIpc) is 2.26. The smallest absolute Gasteiger partial charge is 0.190 e. The number of rotatable bonds is 7. The summed E-state index contributed by atoms with van der Waals surface area (Å²) in [6.07, 6.45) is 1.34. The number of nitrogens with zero attached hydrogens (tertiary/aromatic N) is 1. The summed E-state index contributed by atoms with van der Waals surface area (Å²) in [4.78, 5) is 4.12. The molecule has 0 aliphatic carbocycles. The molecular formula is C12H28IN3O. The molecule has 0 aliphatic heterocycles. The van der Waals surface area contributed by atoms with Gasteiger partial charge in [0.1, 0.15) is 0 Å². The van der Waals surface area contributed by atoms with Gasteiger partial charge in [-0.3, -0.25) is 4.99 Å². The Balaban J connectivity index is 0. The molecule has 0 fully saturated rings. The minimum Gasteiger partial charge on any atom is -0.378 e. The lowest BCUT2D eigenvalue weighted by molar-refractivity contribution is 0.0258. The first-order valence-corrected chi connectivity index (χ1v) is 6.21. The number of hydrogen-bond acceptors (Lipinski definition) is 2. The molecule has 0 spiro atoms. The third kappa shape index (κ3) is 9.64. The van der Waals surface area contributed by atoms with E-state index in [0.29, 0.717) is 12.0 Å². The quantitative estimate of drug-likeness (QED) is 0.417. The second kappa shape index (κ2) is 12.4. The largest absolute Gasteiger partial charge is 0.378 e. The molecule has 0 aliphatic rings. The first-order valence-electron chi connectivity index (χ1n) is 6.21. The topological polar surface area (TPSA) is 45.7 Å². The van der Waals surface area contributed by atoms with E-state index in [2.05, 4.69) is 36.4 Å². The number of ether oxygens (including phenoxy) is 1. The standard InChI is InChI=1S/C12H27N3O.HI/c1-6-14-12(13-5)15-9-8-11(10(3)4)16-7-2;/h10-11H,6-9H2,1-5H3,(H2,13,14,15);1H. The van der Waals surface area contributed by atoms with Gasteiger partial charge in [-0.15, -0.1) is 24.0 Å². The van der Waals surface area contributed by atoms with Crippen LogP contribution in [-0.2, 0) is 4.74 Å². The number of hydrogen-bond donors (Lipinski definition) is 2. The van der Waals surface area contributed by atoms with Crippen molar-refractivity contribution in [3.63, 3.8) is 0 Å². The number of halogens is 1. The Labute approximate surface area is 123 Å². The fourth-order valence-corrected chi connectivity index (χ4v) is 1.54. The summed E-state index contributed by atoms with van der Waals surface area (Å²) >= 11 is 0. The molecule has 0 radical (unpaired) electrons. The molecule has 4 nitrogen and oxygen atoms in total. The number of aliphatic imine (C=N–C) groups is 1. The first kappa shape index (κ1) is 19.3. The molecule has 0 aromatic heterocycles. The third-order valence-electron chi connectivity index (χ3n) is 2.41. The van der Waals surface area contributed by atoms with E-state index in [1.165, 1.54) is 0 Å². The fourth-order valence-electron chi connectivity index (χ4n) is 1.54. The van der Waals surface area contributed by atoms with Gasteiger partial charge in [0.05, 0.1) is 6.10 Å². The summed E-state index contributed by atoms with van der Waals surface area (Å²) in [6, 6.07) is 0. The fraction of sp³-hybridized carbons (Fsp3) is 0.917. The molecule has 2 N–H and O–H groups in total. The van der Waals surface area contributed by atoms with Crippen LogP contribution in [0.25, 0.3) is 0 Å². The molecule has 5 heteroatoms. The highest BCUT2D eigenvalue weighted by atomic mass is 127. The third-order valence-corrected chi connectivity index (χ3v) is 2.41. The highest BCUT2D eigenvalue weighted by Crippen LogP contribution is 2.09. The van der Waals surface area contributed by atoms with Crippen molar-refractivity contribution in [1.29, 1.82) is 0 Å². The summed E-state index contributed by atoms with van der Waals surface area (Å²) < 4.78 is 5.68. The van der Waals surface area contributed by atoms with Crippen LogP contribution in [0, 0.1) is 5.92 Å². The summed E-state index contributed by atoms with van der Waals surface area (Å²) in [6.45, 7) is 11.1. The molecule has 0 heterocycles. The Morgan fingerprint density at radius 3 is 2.29 bits per heavy atom. The Bertz CT molecular complexity index is 198. The second-order valence-electron chi connectivity index (χ2n) is 4.06. The van der Waals surface area contributed by atoms with Crippen LogP contribution in [0.3, 0.4) is 0 Å². The van der Waals surface area contributed by atoms with E-state index in [-0.39, 0.29) is 24.0 Å². The van der Waals surface area contributed by atoms with Crippen molar-refractivity contribution in [2.45, 2.75) is 40.2 Å². The Morgan fingerprint density at radius 1 is 1.24 bits per heavy atom. The Morgan fingerprint density at radius 2 is 1.88 bits per heavy atom. The Kier molecular flexibility index (Phi) is 14.1. The zero-order chi connectivity index (χ0) is 12.4. The zero-order valence-electron chi connectivity index (χ0n) is 11.7. The lowest BCUT2D eigenvalue weighted by Gasteiger charge is -2.21. The molecule has 0 aromatic rings. The van der Waals surface area contributed by atoms with Crippen LogP contribution in [0.4, 0.5) is 0 Å². The lowest BCUT2D eigenvalue weighted by Crippen LogP contribution is -2.39. The Hall–Kier alpha value is -0.0400. The molecule has 0 saturated carbocycles. The minimum atomic E-state index is 0. The summed E-state index contributed by atoms with van der Waals surface area (Å²) in [5, 5.41) is 6.44. The highest BCUT2D eigenvalue weighted by Gasteiger charge is 2.12. The number of nitrogens with one attached hydrogen (secondary N) is 2. The van der Waals surface area contributed by atoms with Gasteiger partial charge in [-0.05, 0) is 26.2 Å². The van der Waals surface area contributed by atoms with Crippen molar-refractivity contribution in [2.24, 2.45) is 10.9 Å². The van der Waals surface area contributed by atoms with Gasteiger partial charge in [-0.2, -0.15) is 0 Å². The summed E-state index contributed by atoms with van der Waals surface area (Å²) in [7, 11) is 1.79. The molecule has 0 saturated heterocycles. The molecule has 1 unspecified atom stereocenters. The van der Waals surface area contributed by atoms with Gasteiger partial charge in [0.15, 0.2) is 5.96 Å². The van der Waals surface area contributed by atoms with E-state index in [4.69, 9.17) is 4.74 Å². The SMILES string of the molecule is CCNC(=NC)NCCC(OCC)C(C)C.I. The van der Waals surface area contributed by atoms with Crippen LogP contribution in [0.5, 0.6) is 0 Å². The van der Waals surface area contributed by atoms with Crippen LogP contribution < -0.4 is 10.6 Å². The van der Waals surface area contributed by atoms with Gasteiger partial charge in [-0.1, -0.05) is 13.8 Å². The second-order valence-corrected chi connectivity index (χ2v) is 4.06. The maximum absolute atomic E-state index is 5.68. The molecule has 104 valence electrons. The zero-order valence-corrected chi connectivity index (χ0v) is 14.1. The van der Waals surface area contributed by atoms with E-state index < -0.39 is 0 Å². The monoisotopic (exact) mass is 357 g/mol. The van der Waals surface area contributed by atoms with Crippen molar-refractivity contribution in [1.82, 2.24) is 10.6 Å². The maximum Gasteiger partial charge on any atom is 0.190 e. The molecule has 0 bridgehead atoms. The van der Waals surface area contributed by atoms with E-state index >= 15 is 0 Å². The van der Waals surface area contributed by atoms with E-state index in [0.717, 1.165) is 32.1 Å². The highest BCUT2D eigenvalue weighted by molar-refractivity contribution is 14.0. The normalized spacial score (nSPS) is 13.2. The van der Waals surface area contributed by atoms with Crippen molar-refractivity contribution in [3.05, 3.63) is 0 Å². The van der Waals surface area contributed by atoms with Crippen LogP contribution >= 0.6 is 24.0 Å². The molecule has 0 aromatic carbocycles. The minimum absolute atomic E-state index is 0.